The van der Waals surface area contributed by atoms with Crippen molar-refractivity contribution in [2.24, 2.45) is 5.73 Å². The number of piperidine rings is 1. The minimum atomic E-state index is -0.331. The number of hydrogen-bond acceptors (Lipinski definition) is 3. The summed E-state index contributed by atoms with van der Waals surface area (Å²) in [6.45, 7) is 4.06. The van der Waals surface area contributed by atoms with Crippen LogP contribution in [0.1, 0.15) is 26.2 Å². The normalized spacial score (nSPS) is 24.9. The van der Waals surface area contributed by atoms with Crippen LogP contribution < -0.4 is 5.73 Å². The van der Waals surface area contributed by atoms with Crippen LogP contribution in [0.5, 0.6) is 0 Å². The quantitative estimate of drug-likeness (QED) is 0.732. The highest BCUT2D eigenvalue weighted by atomic mass is 16.2. The number of rotatable bonds is 3. The zero-order valence-electron chi connectivity index (χ0n) is 10.1. The lowest BCUT2D eigenvalue weighted by atomic mass is 10.0. The topological polar surface area (TPSA) is 49.6 Å². The van der Waals surface area contributed by atoms with E-state index in [1.165, 1.54) is 6.42 Å². The van der Waals surface area contributed by atoms with Crippen LogP contribution in [-0.2, 0) is 4.79 Å². The molecule has 0 radical (unpaired) electrons. The van der Waals surface area contributed by atoms with Gasteiger partial charge in [0.05, 0.1) is 6.04 Å². The highest BCUT2D eigenvalue weighted by molar-refractivity contribution is 5.81. The van der Waals surface area contributed by atoms with Crippen molar-refractivity contribution in [2.75, 3.05) is 27.2 Å². The number of carbonyl (C=O) groups is 1. The minimum absolute atomic E-state index is 0.0813. The Kier molecular flexibility index (Phi) is 4.54. The summed E-state index contributed by atoms with van der Waals surface area (Å²) in [5, 5.41) is 0. The summed E-state index contributed by atoms with van der Waals surface area (Å²) < 4.78 is 0. The van der Waals surface area contributed by atoms with E-state index in [9.17, 15) is 4.79 Å². The zero-order valence-corrected chi connectivity index (χ0v) is 10.1. The van der Waals surface area contributed by atoms with Gasteiger partial charge >= 0.3 is 0 Å². The third-order valence-electron chi connectivity index (χ3n) is 3.25. The molecule has 1 fully saturated rings. The molecular formula is C11H23N3O. The number of amides is 1. The molecule has 1 unspecified atom stereocenters. The molecule has 88 valence electrons. The van der Waals surface area contributed by atoms with Crippen molar-refractivity contribution in [2.45, 2.75) is 38.3 Å². The van der Waals surface area contributed by atoms with Gasteiger partial charge in [-0.05, 0) is 32.9 Å². The number of likely N-dealkylation sites (tertiary alicyclic amines) is 1. The maximum atomic E-state index is 11.9. The van der Waals surface area contributed by atoms with E-state index in [4.69, 9.17) is 5.73 Å². The van der Waals surface area contributed by atoms with Crippen molar-refractivity contribution in [3.05, 3.63) is 0 Å². The molecule has 1 aliphatic rings. The van der Waals surface area contributed by atoms with Crippen LogP contribution in [0.3, 0.4) is 0 Å². The molecule has 15 heavy (non-hydrogen) atoms. The SMILES string of the molecule is CC[C@@H](N)C(=O)N(C)C1CCCN(C)C1. The summed E-state index contributed by atoms with van der Waals surface area (Å²) >= 11 is 0. The monoisotopic (exact) mass is 213 g/mol. The molecule has 4 nitrogen and oxygen atoms in total. The second-order valence-electron chi connectivity index (χ2n) is 4.52. The van der Waals surface area contributed by atoms with Crippen molar-refractivity contribution in [3.8, 4) is 0 Å². The Morgan fingerprint density at radius 3 is 2.87 bits per heavy atom. The van der Waals surface area contributed by atoms with Crippen molar-refractivity contribution >= 4 is 5.91 Å². The molecule has 1 rings (SSSR count). The van der Waals surface area contributed by atoms with E-state index >= 15 is 0 Å². The lowest BCUT2D eigenvalue weighted by molar-refractivity contribution is -0.134. The Hall–Kier alpha value is -0.610. The number of likely N-dealkylation sites (N-methyl/N-ethyl adjacent to an activating group) is 2. The van der Waals surface area contributed by atoms with E-state index in [0.29, 0.717) is 12.5 Å². The smallest absolute Gasteiger partial charge is 0.239 e. The molecule has 0 saturated carbocycles. The number of nitrogens with two attached hydrogens (primary N) is 1. The standard InChI is InChI=1S/C11H23N3O/c1-4-10(12)11(15)14(3)9-6-5-7-13(2)8-9/h9-10H,4-8,12H2,1-3H3/t9?,10-/m1/s1. The van der Waals surface area contributed by atoms with E-state index in [1.807, 2.05) is 18.9 Å². The van der Waals surface area contributed by atoms with Gasteiger partial charge in [0.2, 0.25) is 5.91 Å². The van der Waals surface area contributed by atoms with Crippen LogP contribution in [0.2, 0.25) is 0 Å². The van der Waals surface area contributed by atoms with Crippen molar-refractivity contribution in [1.29, 1.82) is 0 Å². The summed E-state index contributed by atoms with van der Waals surface area (Å²) in [4.78, 5) is 16.0. The highest BCUT2D eigenvalue weighted by Gasteiger charge is 2.26. The van der Waals surface area contributed by atoms with Crippen LogP contribution in [0.15, 0.2) is 0 Å². The van der Waals surface area contributed by atoms with Gasteiger partial charge in [-0.15, -0.1) is 0 Å². The van der Waals surface area contributed by atoms with E-state index in [2.05, 4.69) is 11.9 Å². The van der Waals surface area contributed by atoms with Crippen LogP contribution >= 0.6 is 0 Å². The molecule has 0 aromatic carbocycles. The van der Waals surface area contributed by atoms with Gasteiger partial charge < -0.3 is 15.5 Å². The molecule has 0 aromatic rings. The molecule has 0 aliphatic carbocycles. The van der Waals surface area contributed by atoms with Gasteiger partial charge in [0.15, 0.2) is 0 Å². The van der Waals surface area contributed by atoms with Crippen LogP contribution in [0.4, 0.5) is 0 Å². The maximum Gasteiger partial charge on any atom is 0.239 e. The van der Waals surface area contributed by atoms with Crippen LogP contribution in [-0.4, -0.2) is 55.0 Å². The van der Waals surface area contributed by atoms with E-state index < -0.39 is 0 Å². The Balaban J connectivity index is 2.51. The number of nitrogens with zero attached hydrogens (tertiary/aromatic N) is 2. The van der Waals surface area contributed by atoms with E-state index in [1.54, 1.807) is 0 Å². The molecule has 1 heterocycles. The van der Waals surface area contributed by atoms with Gasteiger partial charge in [0, 0.05) is 19.6 Å². The van der Waals surface area contributed by atoms with Crippen LogP contribution in [0, 0.1) is 0 Å². The average Bonchev–Trinajstić information content (AvgIpc) is 2.26. The molecule has 1 saturated heterocycles. The van der Waals surface area contributed by atoms with E-state index in [-0.39, 0.29) is 11.9 Å². The first kappa shape index (κ1) is 12.5. The van der Waals surface area contributed by atoms with Crippen LogP contribution in [0.25, 0.3) is 0 Å². The molecular weight excluding hydrogens is 190 g/mol. The van der Waals surface area contributed by atoms with E-state index in [0.717, 1.165) is 19.5 Å². The highest BCUT2D eigenvalue weighted by Crippen LogP contribution is 2.14. The molecule has 1 aliphatic heterocycles. The minimum Gasteiger partial charge on any atom is -0.340 e. The summed E-state index contributed by atoms with van der Waals surface area (Å²) in [6, 6.07) is 0.0103. The molecule has 0 aromatic heterocycles. The van der Waals surface area contributed by atoms with Crippen molar-refractivity contribution in [1.82, 2.24) is 9.80 Å². The van der Waals surface area contributed by atoms with Gasteiger partial charge in [-0.3, -0.25) is 4.79 Å². The Morgan fingerprint density at radius 2 is 2.33 bits per heavy atom. The van der Waals surface area contributed by atoms with Gasteiger partial charge in [-0.25, -0.2) is 0 Å². The lowest BCUT2D eigenvalue weighted by Gasteiger charge is -2.36. The Bertz CT molecular complexity index is 220. The maximum absolute atomic E-state index is 11.9. The fraction of sp³-hybridized carbons (Fsp3) is 0.909. The summed E-state index contributed by atoms with van der Waals surface area (Å²) in [7, 11) is 3.98. The third-order valence-corrected chi connectivity index (χ3v) is 3.25. The average molecular weight is 213 g/mol. The fourth-order valence-corrected chi connectivity index (χ4v) is 2.07. The van der Waals surface area contributed by atoms with Crippen molar-refractivity contribution in [3.63, 3.8) is 0 Å². The lowest BCUT2D eigenvalue weighted by Crippen LogP contribution is -2.51. The molecule has 4 heteroatoms. The second-order valence-corrected chi connectivity index (χ2v) is 4.52. The first-order valence-corrected chi connectivity index (χ1v) is 5.77. The predicted molar refractivity (Wildman–Crippen MR) is 61.6 cm³/mol. The second kappa shape index (κ2) is 5.47. The molecule has 0 spiro atoms. The Labute approximate surface area is 92.4 Å². The first-order valence-electron chi connectivity index (χ1n) is 5.77. The van der Waals surface area contributed by atoms with Gasteiger partial charge in [0.25, 0.3) is 0 Å². The summed E-state index contributed by atoms with van der Waals surface area (Å²) in [5.74, 6) is 0.0813. The van der Waals surface area contributed by atoms with Crippen molar-refractivity contribution < 1.29 is 4.79 Å². The van der Waals surface area contributed by atoms with Gasteiger partial charge in [-0.2, -0.15) is 0 Å². The molecule has 2 N–H and O–H groups in total. The molecule has 0 bridgehead atoms. The predicted octanol–water partition coefficient (Wildman–Crippen LogP) is 0.276. The van der Waals surface area contributed by atoms with Gasteiger partial charge in [0.1, 0.15) is 0 Å². The first-order chi connectivity index (χ1) is 7.06. The zero-order chi connectivity index (χ0) is 11.4. The fourth-order valence-electron chi connectivity index (χ4n) is 2.07. The number of hydrogen-bond donors (Lipinski definition) is 1. The number of carbonyl (C=O) groups excluding carboxylic acids is 1. The summed E-state index contributed by atoms with van der Waals surface area (Å²) in [5.41, 5.74) is 5.75. The largest absolute Gasteiger partial charge is 0.340 e. The van der Waals surface area contributed by atoms with Gasteiger partial charge in [-0.1, -0.05) is 6.92 Å². The Morgan fingerprint density at radius 1 is 1.67 bits per heavy atom. The summed E-state index contributed by atoms with van der Waals surface area (Å²) in [6.07, 6.45) is 2.98. The molecule has 1 amide bonds. The third kappa shape index (κ3) is 3.18. The molecule has 2 atom stereocenters.